The van der Waals surface area contributed by atoms with Gasteiger partial charge in [-0.2, -0.15) is 0 Å². The molecule has 0 atom stereocenters. The van der Waals surface area contributed by atoms with E-state index in [9.17, 15) is 9.59 Å². The minimum atomic E-state index is -0.164. The number of amides is 2. The highest BCUT2D eigenvalue weighted by Crippen LogP contribution is 2.34. The van der Waals surface area contributed by atoms with Gasteiger partial charge in [0.05, 0.1) is 18.8 Å². The van der Waals surface area contributed by atoms with Crippen molar-refractivity contribution in [2.75, 3.05) is 32.8 Å². The number of hydrogen-bond donors (Lipinski definition) is 0. The number of nitrogens with zero attached hydrogens (tertiary/aromatic N) is 2. The Balaban J connectivity index is 2.01. The largest absolute Gasteiger partial charge is 0.378 e. The summed E-state index contributed by atoms with van der Waals surface area (Å²) in [5.74, 6) is -0.0758. The van der Waals surface area contributed by atoms with Crippen molar-refractivity contribution in [2.45, 2.75) is 13.8 Å². The second kappa shape index (κ2) is 6.22. The minimum absolute atomic E-state index is 0.163. The van der Waals surface area contributed by atoms with Crippen LogP contribution >= 0.6 is 11.3 Å². The van der Waals surface area contributed by atoms with Crippen molar-refractivity contribution in [3.05, 3.63) is 28.1 Å². The van der Waals surface area contributed by atoms with E-state index < -0.39 is 0 Å². The van der Waals surface area contributed by atoms with Crippen LogP contribution in [0.1, 0.15) is 18.7 Å². The molecule has 0 bridgehead atoms. The molecule has 0 saturated carbocycles. The Morgan fingerprint density at radius 2 is 1.95 bits per heavy atom. The normalized spacial score (nSPS) is 19.8. The van der Waals surface area contributed by atoms with E-state index in [-0.39, 0.29) is 17.7 Å². The highest BCUT2D eigenvalue weighted by Gasteiger charge is 2.42. The molecule has 1 saturated heterocycles. The first-order valence-electron chi connectivity index (χ1n) is 7.56. The summed E-state index contributed by atoms with van der Waals surface area (Å²) < 4.78 is 5.37. The Morgan fingerprint density at radius 3 is 2.55 bits per heavy atom. The molecule has 2 aliphatic rings. The summed E-state index contributed by atoms with van der Waals surface area (Å²) in [5, 5.41) is 1.93. The fraction of sp³-hybridized carbons (Fsp3) is 0.500. The summed E-state index contributed by atoms with van der Waals surface area (Å²) in [6.45, 7) is 6.97. The monoisotopic (exact) mass is 320 g/mol. The number of morpholine rings is 1. The molecule has 2 amide bonds. The average Bonchev–Trinajstić information content (AvgIpc) is 3.10. The van der Waals surface area contributed by atoms with Gasteiger partial charge >= 0.3 is 0 Å². The average molecular weight is 320 g/mol. The third-order valence-electron chi connectivity index (χ3n) is 3.79. The first kappa shape index (κ1) is 15.2. The van der Waals surface area contributed by atoms with E-state index in [0.29, 0.717) is 44.1 Å². The molecule has 5 nitrogen and oxygen atoms in total. The lowest BCUT2D eigenvalue weighted by Gasteiger charge is -2.29. The molecular weight excluding hydrogens is 300 g/mol. The number of thiophene rings is 1. The third-order valence-corrected chi connectivity index (χ3v) is 4.67. The zero-order chi connectivity index (χ0) is 15.7. The Bertz CT molecular complexity index is 601. The predicted octanol–water partition coefficient (Wildman–Crippen LogP) is 1.82. The lowest BCUT2D eigenvalue weighted by atomic mass is 10.1. The van der Waals surface area contributed by atoms with Crippen LogP contribution in [0.2, 0.25) is 0 Å². The maximum absolute atomic E-state index is 12.8. The van der Waals surface area contributed by atoms with Gasteiger partial charge < -0.3 is 9.64 Å². The molecule has 0 aromatic carbocycles. The molecular formula is C16H20N2O3S. The van der Waals surface area contributed by atoms with Crippen molar-refractivity contribution in [3.63, 3.8) is 0 Å². The van der Waals surface area contributed by atoms with Crippen LogP contribution in [0.25, 0.3) is 5.57 Å². The molecule has 3 rings (SSSR count). The summed E-state index contributed by atoms with van der Waals surface area (Å²) in [6.07, 6.45) is 0. The van der Waals surface area contributed by atoms with E-state index in [0.717, 1.165) is 4.88 Å². The SMILES string of the molecule is CC(C)CN1C(=O)C(c2cccs2)=C(N2CCOCC2)C1=O. The van der Waals surface area contributed by atoms with Crippen molar-refractivity contribution in [1.82, 2.24) is 9.80 Å². The molecule has 0 unspecified atom stereocenters. The Morgan fingerprint density at radius 1 is 1.23 bits per heavy atom. The van der Waals surface area contributed by atoms with Gasteiger partial charge in [-0.25, -0.2) is 0 Å². The predicted molar refractivity (Wildman–Crippen MR) is 85.2 cm³/mol. The summed E-state index contributed by atoms with van der Waals surface area (Å²) >= 11 is 1.50. The molecule has 1 aromatic rings. The second-order valence-electron chi connectivity index (χ2n) is 5.92. The number of carbonyl (C=O) groups excluding carboxylic acids is 2. The van der Waals surface area contributed by atoms with Gasteiger partial charge in [0.1, 0.15) is 5.70 Å². The van der Waals surface area contributed by atoms with Crippen molar-refractivity contribution >= 4 is 28.7 Å². The van der Waals surface area contributed by atoms with Gasteiger partial charge in [-0.1, -0.05) is 19.9 Å². The van der Waals surface area contributed by atoms with E-state index in [1.54, 1.807) is 0 Å². The maximum Gasteiger partial charge on any atom is 0.277 e. The second-order valence-corrected chi connectivity index (χ2v) is 6.86. The van der Waals surface area contributed by atoms with Gasteiger partial charge in [-0.15, -0.1) is 11.3 Å². The van der Waals surface area contributed by atoms with E-state index >= 15 is 0 Å². The van der Waals surface area contributed by atoms with E-state index in [2.05, 4.69) is 0 Å². The highest BCUT2D eigenvalue weighted by molar-refractivity contribution is 7.11. The first-order chi connectivity index (χ1) is 10.6. The fourth-order valence-electron chi connectivity index (χ4n) is 2.82. The Kier molecular flexibility index (Phi) is 4.31. The highest BCUT2D eigenvalue weighted by atomic mass is 32.1. The molecule has 1 fully saturated rings. The summed E-state index contributed by atoms with van der Waals surface area (Å²) in [7, 11) is 0. The fourth-order valence-corrected chi connectivity index (χ4v) is 3.58. The van der Waals surface area contributed by atoms with Crippen LogP contribution in [0.15, 0.2) is 23.2 Å². The smallest absolute Gasteiger partial charge is 0.277 e. The molecule has 0 spiro atoms. The van der Waals surface area contributed by atoms with Crippen molar-refractivity contribution in [1.29, 1.82) is 0 Å². The van der Waals surface area contributed by atoms with Crippen LogP contribution in [-0.4, -0.2) is 54.5 Å². The van der Waals surface area contributed by atoms with Crippen LogP contribution in [0, 0.1) is 5.92 Å². The van der Waals surface area contributed by atoms with Gasteiger partial charge in [0.25, 0.3) is 11.8 Å². The molecule has 3 heterocycles. The maximum atomic E-state index is 12.8. The third kappa shape index (κ3) is 2.68. The van der Waals surface area contributed by atoms with Crippen molar-refractivity contribution in [3.8, 4) is 0 Å². The number of rotatable bonds is 4. The Labute approximate surface area is 134 Å². The zero-order valence-corrected chi connectivity index (χ0v) is 13.7. The van der Waals surface area contributed by atoms with Crippen LogP contribution < -0.4 is 0 Å². The number of ether oxygens (including phenoxy) is 1. The molecule has 22 heavy (non-hydrogen) atoms. The molecule has 2 aliphatic heterocycles. The first-order valence-corrected chi connectivity index (χ1v) is 8.44. The minimum Gasteiger partial charge on any atom is -0.378 e. The van der Waals surface area contributed by atoms with Crippen molar-refractivity contribution in [2.24, 2.45) is 5.92 Å². The van der Waals surface area contributed by atoms with Crippen LogP contribution in [0.4, 0.5) is 0 Å². The van der Waals surface area contributed by atoms with E-state index in [1.807, 2.05) is 36.3 Å². The van der Waals surface area contributed by atoms with E-state index in [1.165, 1.54) is 16.2 Å². The molecule has 0 radical (unpaired) electrons. The van der Waals surface area contributed by atoms with Gasteiger partial charge in [0.15, 0.2) is 0 Å². The lowest BCUT2D eigenvalue weighted by molar-refractivity contribution is -0.138. The lowest BCUT2D eigenvalue weighted by Crippen LogP contribution is -2.41. The molecule has 0 N–H and O–H groups in total. The van der Waals surface area contributed by atoms with Gasteiger partial charge in [-0.3, -0.25) is 14.5 Å². The standard InChI is InChI=1S/C16H20N2O3S/c1-11(2)10-18-15(19)13(12-4-3-9-22-12)14(16(18)20)17-5-7-21-8-6-17/h3-4,9,11H,5-8,10H2,1-2H3. The topological polar surface area (TPSA) is 49.9 Å². The van der Waals surface area contributed by atoms with Gasteiger partial charge in [0, 0.05) is 24.5 Å². The molecule has 118 valence electrons. The van der Waals surface area contributed by atoms with Crippen LogP contribution in [-0.2, 0) is 14.3 Å². The van der Waals surface area contributed by atoms with Gasteiger partial charge in [-0.05, 0) is 17.4 Å². The van der Waals surface area contributed by atoms with Crippen molar-refractivity contribution < 1.29 is 14.3 Å². The Hall–Kier alpha value is -1.66. The molecule has 6 heteroatoms. The summed E-state index contributed by atoms with van der Waals surface area (Å²) in [5.41, 5.74) is 1.11. The number of imide groups is 1. The van der Waals surface area contributed by atoms with Gasteiger partial charge in [0.2, 0.25) is 0 Å². The quantitative estimate of drug-likeness (QED) is 0.794. The summed E-state index contributed by atoms with van der Waals surface area (Å²) in [6, 6.07) is 3.82. The zero-order valence-electron chi connectivity index (χ0n) is 12.9. The molecule has 0 aliphatic carbocycles. The van der Waals surface area contributed by atoms with E-state index in [4.69, 9.17) is 4.74 Å². The number of carbonyl (C=O) groups is 2. The number of hydrogen-bond acceptors (Lipinski definition) is 5. The van der Waals surface area contributed by atoms with Crippen LogP contribution in [0.3, 0.4) is 0 Å². The van der Waals surface area contributed by atoms with Crippen LogP contribution in [0.5, 0.6) is 0 Å². The summed E-state index contributed by atoms with van der Waals surface area (Å²) in [4.78, 5) is 29.9. The molecule has 1 aromatic heterocycles.